The number of ketones is 1. The van der Waals surface area contributed by atoms with E-state index in [2.05, 4.69) is 12.1 Å². The molecule has 3 aliphatic rings. The SMILES string of the molecule is O=C1[C@H]2C=C[C@H](c3ccccc32)[C@H]1Cl. The van der Waals surface area contributed by atoms with Gasteiger partial charge in [-0.25, -0.2) is 0 Å². The van der Waals surface area contributed by atoms with Gasteiger partial charge in [0, 0.05) is 5.92 Å². The highest BCUT2D eigenvalue weighted by Crippen LogP contribution is 2.44. The van der Waals surface area contributed by atoms with Crippen molar-refractivity contribution in [1.82, 2.24) is 0 Å². The molecule has 0 radical (unpaired) electrons. The molecule has 0 spiro atoms. The van der Waals surface area contributed by atoms with E-state index in [1.807, 2.05) is 24.3 Å². The molecule has 70 valence electrons. The molecule has 0 amide bonds. The molecule has 1 aromatic carbocycles. The molecule has 3 aliphatic carbocycles. The van der Waals surface area contributed by atoms with Gasteiger partial charge in [-0.3, -0.25) is 4.79 Å². The van der Waals surface area contributed by atoms with Gasteiger partial charge >= 0.3 is 0 Å². The van der Waals surface area contributed by atoms with Gasteiger partial charge in [0.15, 0.2) is 5.78 Å². The molecule has 4 rings (SSSR count). The van der Waals surface area contributed by atoms with E-state index in [1.165, 1.54) is 5.56 Å². The number of halogens is 1. The first-order chi connectivity index (χ1) is 6.79. The van der Waals surface area contributed by atoms with Crippen LogP contribution in [0.5, 0.6) is 0 Å². The quantitative estimate of drug-likeness (QED) is 0.469. The lowest BCUT2D eigenvalue weighted by Crippen LogP contribution is -2.36. The van der Waals surface area contributed by atoms with Crippen LogP contribution in [0.15, 0.2) is 36.4 Å². The Morgan fingerprint density at radius 1 is 1.07 bits per heavy atom. The Morgan fingerprint density at radius 2 is 1.79 bits per heavy atom. The second kappa shape index (κ2) is 2.71. The summed E-state index contributed by atoms with van der Waals surface area (Å²) in [5.41, 5.74) is 2.36. The number of benzene rings is 1. The molecule has 0 unspecified atom stereocenters. The number of rotatable bonds is 0. The van der Waals surface area contributed by atoms with Crippen molar-refractivity contribution in [3.8, 4) is 0 Å². The van der Waals surface area contributed by atoms with Crippen LogP contribution in [0.4, 0.5) is 0 Å². The van der Waals surface area contributed by atoms with Crippen molar-refractivity contribution >= 4 is 17.4 Å². The molecule has 0 aliphatic heterocycles. The average Bonchev–Trinajstić information content (AvgIpc) is 2.24. The highest BCUT2D eigenvalue weighted by atomic mass is 35.5. The Bertz CT molecular complexity index is 436. The van der Waals surface area contributed by atoms with Crippen LogP contribution in [-0.4, -0.2) is 11.2 Å². The molecular formula is C12H9ClO. The molecule has 0 aromatic heterocycles. The van der Waals surface area contributed by atoms with Crippen LogP contribution in [-0.2, 0) is 4.79 Å². The van der Waals surface area contributed by atoms with Gasteiger partial charge in [-0.1, -0.05) is 36.4 Å². The fourth-order valence-electron chi connectivity index (χ4n) is 2.39. The number of Topliss-reactive ketones (excluding diaryl/α,β-unsaturated/α-hetero) is 1. The molecule has 1 aromatic rings. The predicted molar refractivity (Wildman–Crippen MR) is 55.7 cm³/mol. The van der Waals surface area contributed by atoms with E-state index in [0.29, 0.717) is 0 Å². The third kappa shape index (κ3) is 0.881. The van der Waals surface area contributed by atoms with Gasteiger partial charge in [-0.2, -0.15) is 0 Å². The Balaban J connectivity index is 2.26. The topological polar surface area (TPSA) is 17.1 Å². The molecule has 0 fully saturated rings. The first kappa shape index (κ1) is 8.25. The second-order valence-corrected chi connectivity index (χ2v) is 4.29. The Labute approximate surface area is 87.4 Å². The van der Waals surface area contributed by atoms with Gasteiger partial charge in [0.2, 0.25) is 0 Å². The molecular weight excluding hydrogens is 196 g/mol. The molecule has 3 atom stereocenters. The molecule has 1 nitrogen and oxygen atoms in total. The van der Waals surface area contributed by atoms with Crippen LogP contribution in [0.3, 0.4) is 0 Å². The van der Waals surface area contributed by atoms with E-state index in [4.69, 9.17) is 11.6 Å². The van der Waals surface area contributed by atoms with E-state index in [1.54, 1.807) is 0 Å². The van der Waals surface area contributed by atoms with Crippen LogP contribution in [0, 0.1) is 0 Å². The number of alkyl halides is 1. The van der Waals surface area contributed by atoms with E-state index >= 15 is 0 Å². The van der Waals surface area contributed by atoms with E-state index in [0.717, 1.165) is 5.56 Å². The minimum Gasteiger partial charge on any atom is -0.297 e. The van der Waals surface area contributed by atoms with Gasteiger partial charge in [-0.15, -0.1) is 11.6 Å². The Morgan fingerprint density at radius 3 is 2.57 bits per heavy atom. The van der Waals surface area contributed by atoms with Crippen molar-refractivity contribution in [3.05, 3.63) is 47.5 Å². The number of fused-ring (bicyclic) bond motifs is 1. The van der Waals surface area contributed by atoms with Gasteiger partial charge < -0.3 is 0 Å². The first-order valence-electron chi connectivity index (χ1n) is 4.74. The monoisotopic (exact) mass is 204 g/mol. The molecule has 2 heteroatoms. The smallest absolute Gasteiger partial charge is 0.162 e. The largest absolute Gasteiger partial charge is 0.297 e. The number of carbonyl (C=O) groups is 1. The summed E-state index contributed by atoms with van der Waals surface area (Å²) in [6.07, 6.45) is 4.04. The summed E-state index contributed by atoms with van der Waals surface area (Å²) < 4.78 is 0. The predicted octanol–water partition coefficient (Wildman–Crippen LogP) is 2.61. The van der Waals surface area contributed by atoms with Gasteiger partial charge in [0.05, 0.1) is 5.92 Å². The second-order valence-electron chi connectivity index (χ2n) is 3.82. The first-order valence-corrected chi connectivity index (χ1v) is 5.17. The van der Waals surface area contributed by atoms with Crippen molar-refractivity contribution in [1.29, 1.82) is 0 Å². The van der Waals surface area contributed by atoms with Crippen LogP contribution in [0.2, 0.25) is 0 Å². The summed E-state index contributed by atoms with van der Waals surface area (Å²) in [6, 6.07) is 8.07. The maximum atomic E-state index is 11.8. The molecule has 0 saturated carbocycles. The van der Waals surface area contributed by atoms with E-state index < -0.39 is 0 Å². The molecule has 14 heavy (non-hydrogen) atoms. The zero-order valence-electron chi connectivity index (χ0n) is 7.48. The molecule has 0 N–H and O–H groups in total. The van der Waals surface area contributed by atoms with Crippen molar-refractivity contribution in [2.45, 2.75) is 17.2 Å². The molecule has 0 heterocycles. The maximum Gasteiger partial charge on any atom is 0.162 e. The normalized spacial score (nSPS) is 33.2. The van der Waals surface area contributed by atoms with E-state index in [-0.39, 0.29) is 23.0 Å². The van der Waals surface area contributed by atoms with Crippen LogP contribution >= 0.6 is 11.6 Å². The summed E-state index contributed by atoms with van der Waals surface area (Å²) >= 11 is 6.09. The number of hydrogen-bond acceptors (Lipinski definition) is 1. The van der Waals surface area contributed by atoms with Gasteiger partial charge in [0.25, 0.3) is 0 Å². The third-order valence-corrected chi connectivity index (χ3v) is 3.58. The van der Waals surface area contributed by atoms with E-state index in [9.17, 15) is 4.79 Å². The average molecular weight is 205 g/mol. The lowest BCUT2D eigenvalue weighted by atomic mass is 9.70. The zero-order chi connectivity index (χ0) is 9.71. The van der Waals surface area contributed by atoms with Crippen LogP contribution in [0.25, 0.3) is 0 Å². The summed E-state index contributed by atoms with van der Waals surface area (Å²) in [5, 5.41) is -0.361. The van der Waals surface area contributed by atoms with Gasteiger partial charge in [-0.05, 0) is 11.1 Å². The lowest BCUT2D eigenvalue weighted by molar-refractivity contribution is -0.120. The number of allylic oxidation sites excluding steroid dienone is 2. The number of carbonyl (C=O) groups excluding carboxylic acids is 1. The minimum atomic E-state index is -0.361. The highest BCUT2D eigenvalue weighted by molar-refractivity contribution is 6.33. The van der Waals surface area contributed by atoms with Crippen LogP contribution < -0.4 is 0 Å². The highest BCUT2D eigenvalue weighted by Gasteiger charge is 2.41. The lowest BCUT2D eigenvalue weighted by Gasteiger charge is -2.35. The van der Waals surface area contributed by atoms with Gasteiger partial charge in [0.1, 0.15) is 5.38 Å². The molecule has 2 bridgehead atoms. The summed E-state index contributed by atoms with van der Waals surface area (Å²) in [4.78, 5) is 11.8. The third-order valence-electron chi connectivity index (χ3n) is 3.09. The fraction of sp³-hybridized carbons (Fsp3) is 0.250. The number of hydrogen-bond donors (Lipinski definition) is 0. The minimum absolute atomic E-state index is 0.0883. The molecule has 0 saturated heterocycles. The Kier molecular flexibility index (Phi) is 1.59. The summed E-state index contributed by atoms with van der Waals surface area (Å²) in [5.74, 6) is 0.141. The standard InChI is InChI=1S/C12H9ClO/c13-11-9-5-6-10(12(11)14)8-4-2-1-3-7(8)9/h1-6,9-11H/t9-,10+,11-/m1/s1. The van der Waals surface area contributed by atoms with Crippen molar-refractivity contribution in [2.75, 3.05) is 0 Å². The van der Waals surface area contributed by atoms with Crippen molar-refractivity contribution in [2.24, 2.45) is 0 Å². The van der Waals surface area contributed by atoms with Crippen molar-refractivity contribution in [3.63, 3.8) is 0 Å². The Hall–Kier alpha value is -1.08. The zero-order valence-corrected chi connectivity index (χ0v) is 8.24. The summed E-state index contributed by atoms with van der Waals surface area (Å²) in [6.45, 7) is 0. The van der Waals surface area contributed by atoms with Crippen molar-refractivity contribution < 1.29 is 4.79 Å². The maximum absolute atomic E-state index is 11.8. The summed E-state index contributed by atoms with van der Waals surface area (Å²) in [7, 11) is 0. The van der Waals surface area contributed by atoms with Crippen LogP contribution in [0.1, 0.15) is 23.0 Å². The fourth-order valence-corrected chi connectivity index (χ4v) is 2.74.